The highest BCUT2D eigenvalue weighted by Gasteiger charge is 2.27. The summed E-state index contributed by atoms with van der Waals surface area (Å²) in [5.41, 5.74) is 0.628. The number of amides is 1. The maximum atomic E-state index is 12.5. The summed E-state index contributed by atoms with van der Waals surface area (Å²) in [7, 11) is 0. The molecule has 5 nitrogen and oxygen atoms in total. The van der Waals surface area contributed by atoms with Gasteiger partial charge in [-0.3, -0.25) is 9.69 Å². The third-order valence-corrected chi connectivity index (χ3v) is 5.17. The summed E-state index contributed by atoms with van der Waals surface area (Å²) < 4.78 is 5.38. The van der Waals surface area contributed by atoms with Crippen LogP contribution in [0.15, 0.2) is 18.3 Å². The number of aromatic nitrogens is 1. The van der Waals surface area contributed by atoms with Crippen molar-refractivity contribution in [3.63, 3.8) is 0 Å². The van der Waals surface area contributed by atoms with Crippen LogP contribution >= 0.6 is 0 Å². The third kappa shape index (κ3) is 4.47. The van der Waals surface area contributed by atoms with Crippen molar-refractivity contribution in [2.24, 2.45) is 0 Å². The van der Waals surface area contributed by atoms with Crippen molar-refractivity contribution in [3.05, 3.63) is 23.9 Å². The number of hydrogen-bond acceptors (Lipinski definition) is 4. The van der Waals surface area contributed by atoms with Crippen molar-refractivity contribution >= 4 is 5.91 Å². The smallest absolute Gasteiger partial charge is 0.251 e. The fraction of sp³-hybridized carbons (Fsp3) is 0.684. The molecule has 0 spiro atoms. The lowest BCUT2D eigenvalue weighted by Crippen LogP contribution is -2.51. The van der Waals surface area contributed by atoms with Crippen LogP contribution in [-0.4, -0.2) is 47.6 Å². The topological polar surface area (TPSA) is 54.5 Å². The molecule has 2 heterocycles. The van der Waals surface area contributed by atoms with Crippen LogP contribution in [-0.2, 0) is 0 Å². The second kappa shape index (κ2) is 8.47. The van der Waals surface area contributed by atoms with Gasteiger partial charge in [-0.15, -0.1) is 0 Å². The van der Waals surface area contributed by atoms with Crippen molar-refractivity contribution in [1.29, 1.82) is 0 Å². The van der Waals surface area contributed by atoms with Crippen molar-refractivity contribution in [2.75, 3.05) is 19.7 Å². The van der Waals surface area contributed by atoms with Crippen LogP contribution in [0.4, 0.5) is 0 Å². The Bertz CT molecular complexity index is 543. The molecule has 1 aliphatic carbocycles. The molecule has 1 aliphatic heterocycles. The summed E-state index contributed by atoms with van der Waals surface area (Å²) in [5.74, 6) is 0.492. The predicted molar refractivity (Wildman–Crippen MR) is 94.3 cm³/mol. The van der Waals surface area contributed by atoms with E-state index in [9.17, 15) is 4.79 Å². The van der Waals surface area contributed by atoms with Gasteiger partial charge in [-0.05, 0) is 45.2 Å². The normalized spacial score (nSPS) is 23.0. The maximum Gasteiger partial charge on any atom is 0.251 e. The van der Waals surface area contributed by atoms with E-state index in [0.717, 1.165) is 19.0 Å². The molecule has 1 atom stereocenters. The van der Waals surface area contributed by atoms with Crippen LogP contribution in [0.2, 0.25) is 0 Å². The largest absolute Gasteiger partial charge is 0.478 e. The molecule has 132 valence electrons. The minimum atomic E-state index is -0.0196. The number of hydrogen-bond donors (Lipinski definition) is 1. The van der Waals surface area contributed by atoms with E-state index in [2.05, 4.69) is 15.2 Å². The lowest BCUT2D eigenvalue weighted by molar-refractivity contribution is 0.0835. The zero-order chi connectivity index (χ0) is 16.8. The first-order valence-electron chi connectivity index (χ1n) is 9.40. The van der Waals surface area contributed by atoms with Gasteiger partial charge in [0, 0.05) is 36.5 Å². The third-order valence-electron chi connectivity index (χ3n) is 5.17. The highest BCUT2D eigenvalue weighted by molar-refractivity contribution is 5.94. The Kier molecular flexibility index (Phi) is 6.07. The number of nitrogens with zero attached hydrogens (tertiary/aromatic N) is 2. The predicted octanol–water partition coefficient (Wildman–Crippen LogP) is 3.01. The number of piperidine rings is 1. The molecule has 2 fully saturated rings. The number of ether oxygens (including phenoxy) is 1. The molecule has 5 heteroatoms. The minimum Gasteiger partial charge on any atom is -0.478 e. The molecule has 24 heavy (non-hydrogen) atoms. The Labute approximate surface area is 144 Å². The second-order valence-electron chi connectivity index (χ2n) is 6.92. The number of carbonyl (C=O) groups excluding carboxylic acids is 1. The minimum absolute atomic E-state index is 0.0196. The monoisotopic (exact) mass is 331 g/mol. The Balaban J connectivity index is 1.56. The number of likely N-dealkylation sites (tertiary alicyclic amines) is 1. The highest BCUT2D eigenvalue weighted by atomic mass is 16.5. The van der Waals surface area contributed by atoms with Gasteiger partial charge in [0.15, 0.2) is 0 Å². The van der Waals surface area contributed by atoms with Gasteiger partial charge < -0.3 is 10.1 Å². The highest BCUT2D eigenvalue weighted by Crippen LogP contribution is 2.25. The molecule has 2 aliphatic rings. The Morgan fingerprint density at radius 2 is 2.12 bits per heavy atom. The average Bonchev–Trinajstić information content (AvgIpc) is 2.63. The molecule has 0 bridgehead atoms. The Hall–Kier alpha value is -1.62. The van der Waals surface area contributed by atoms with E-state index in [-0.39, 0.29) is 11.9 Å². The lowest BCUT2D eigenvalue weighted by Gasteiger charge is -2.40. The van der Waals surface area contributed by atoms with Crippen LogP contribution in [0.25, 0.3) is 0 Å². The SMILES string of the molecule is CCOc1cc(C(=O)NC2CCCN(C3CCCCC3)C2)ccn1. The molecule has 0 radical (unpaired) electrons. The van der Waals surface area contributed by atoms with Crippen molar-refractivity contribution in [3.8, 4) is 5.88 Å². The summed E-state index contributed by atoms with van der Waals surface area (Å²) >= 11 is 0. The Morgan fingerprint density at radius 3 is 2.92 bits per heavy atom. The van der Waals surface area contributed by atoms with Gasteiger partial charge in [0.05, 0.1) is 6.61 Å². The number of carbonyl (C=O) groups is 1. The number of nitrogens with one attached hydrogen (secondary N) is 1. The molecule has 1 amide bonds. The molecular formula is C19H29N3O2. The summed E-state index contributed by atoms with van der Waals surface area (Å²) in [4.78, 5) is 19.3. The van der Waals surface area contributed by atoms with E-state index in [1.54, 1.807) is 18.3 Å². The zero-order valence-corrected chi connectivity index (χ0v) is 14.7. The average molecular weight is 331 g/mol. The van der Waals surface area contributed by atoms with Crippen molar-refractivity contribution in [1.82, 2.24) is 15.2 Å². The van der Waals surface area contributed by atoms with Crippen LogP contribution in [0.3, 0.4) is 0 Å². The van der Waals surface area contributed by atoms with Crippen LogP contribution in [0.1, 0.15) is 62.2 Å². The van der Waals surface area contributed by atoms with Crippen LogP contribution < -0.4 is 10.1 Å². The number of rotatable bonds is 5. The van der Waals surface area contributed by atoms with E-state index in [0.29, 0.717) is 18.1 Å². The summed E-state index contributed by atoms with van der Waals surface area (Å²) in [6, 6.07) is 4.45. The van der Waals surface area contributed by atoms with E-state index in [1.807, 2.05) is 6.92 Å². The quantitative estimate of drug-likeness (QED) is 0.901. The summed E-state index contributed by atoms with van der Waals surface area (Å²) in [5, 5.41) is 3.21. The van der Waals surface area contributed by atoms with Gasteiger partial charge >= 0.3 is 0 Å². The first-order valence-corrected chi connectivity index (χ1v) is 9.40. The summed E-state index contributed by atoms with van der Waals surface area (Å²) in [6.07, 6.45) is 10.6. The molecular weight excluding hydrogens is 302 g/mol. The number of pyridine rings is 1. The van der Waals surface area contributed by atoms with Crippen LogP contribution in [0, 0.1) is 0 Å². The van der Waals surface area contributed by atoms with E-state index in [4.69, 9.17) is 4.74 Å². The maximum absolute atomic E-state index is 12.5. The van der Waals surface area contributed by atoms with Gasteiger partial charge in [0.1, 0.15) is 0 Å². The van der Waals surface area contributed by atoms with Gasteiger partial charge in [0.25, 0.3) is 5.91 Å². The molecule has 1 saturated heterocycles. The lowest BCUT2D eigenvalue weighted by atomic mass is 9.92. The standard InChI is InChI=1S/C19H29N3O2/c1-2-24-18-13-15(10-11-20-18)19(23)21-16-7-6-12-22(14-16)17-8-4-3-5-9-17/h10-11,13,16-17H,2-9,12,14H2,1H3,(H,21,23). The molecule has 3 rings (SSSR count). The molecule has 1 aromatic heterocycles. The van der Waals surface area contributed by atoms with E-state index >= 15 is 0 Å². The van der Waals surface area contributed by atoms with Crippen molar-refractivity contribution in [2.45, 2.75) is 64.0 Å². The van der Waals surface area contributed by atoms with Gasteiger partial charge in [-0.2, -0.15) is 0 Å². The Morgan fingerprint density at radius 1 is 1.29 bits per heavy atom. The molecule has 1 saturated carbocycles. The van der Waals surface area contributed by atoms with Gasteiger partial charge in [0.2, 0.25) is 5.88 Å². The first kappa shape index (κ1) is 17.2. The van der Waals surface area contributed by atoms with Gasteiger partial charge in [-0.25, -0.2) is 4.98 Å². The van der Waals surface area contributed by atoms with E-state index < -0.39 is 0 Å². The van der Waals surface area contributed by atoms with E-state index in [1.165, 1.54) is 45.1 Å². The van der Waals surface area contributed by atoms with Crippen molar-refractivity contribution < 1.29 is 9.53 Å². The summed E-state index contributed by atoms with van der Waals surface area (Å²) in [6.45, 7) is 4.63. The first-order chi connectivity index (χ1) is 11.8. The molecule has 0 aromatic carbocycles. The van der Waals surface area contributed by atoms with Crippen LogP contribution in [0.5, 0.6) is 5.88 Å². The molecule has 1 unspecified atom stereocenters. The second-order valence-corrected chi connectivity index (χ2v) is 6.92. The fourth-order valence-corrected chi connectivity index (χ4v) is 3.95. The zero-order valence-electron chi connectivity index (χ0n) is 14.7. The molecule has 1 aromatic rings. The molecule has 1 N–H and O–H groups in total. The van der Waals surface area contributed by atoms with Gasteiger partial charge in [-0.1, -0.05) is 19.3 Å². The fourth-order valence-electron chi connectivity index (χ4n) is 3.95.